The van der Waals surface area contributed by atoms with Gasteiger partial charge in [-0.05, 0) is 48.6 Å². The Morgan fingerprint density at radius 1 is 0.750 bits per heavy atom. The summed E-state index contributed by atoms with van der Waals surface area (Å²) in [7, 11) is -3.97. The van der Waals surface area contributed by atoms with Gasteiger partial charge in [0.2, 0.25) is 0 Å². The zero-order valence-corrected chi connectivity index (χ0v) is 21.3. The van der Waals surface area contributed by atoms with Gasteiger partial charge in [0.05, 0.1) is 24.9 Å². The fourth-order valence-electron chi connectivity index (χ4n) is 4.30. The Balaban J connectivity index is 2.04. The van der Waals surface area contributed by atoms with Gasteiger partial charge in [0.1, 0.15) is 6.10 Å². The van der Waals surface area contributed by atoms with Gasteiger partial charge in [0.25, 0.3) is 0 Å². The van der Waals surface area contributed by atoms with Crippen LogP contribution >= 0.6 is 7.82 Å². The summed E-state index contributed by atoms with van der Waals surface area (Å²) in [6, 6.07) is 33.4. The average Bonchev–Trinajstić information content (AvgIpc) is 3.44. The second kappa shape index (κ2) is 12.0. The molecule has 6 heteroatoms. The molecule has 4 aromatic rings. The van der Waals surface area contributed by atoms with Crippen molar-refractivity contribution < 1.29 is 22.6 Å². The van der Waals surface area contributed by atoms with Crippen molar-refractivity contribution in [1.82, 2.24) is 0 Å². The normalized spacial score (nSPS) is 12.5. The SMILES string of the molecule is CCOP(=O)(OCC)OC(C#Cc1ccco1)C(c1ccccc1)(c1ccccc1)c1ccccc1. The molecule has 0 radical (unpaired) electrons. The van der Waals surface area contributed by atoms with Crippen molar-refractivity contribution >= 4 is 7.82 Å². The predicted molar refractivity (Wildman–Crippen MR) is 141 cm³/mol. The highest BCUT2D eigenvalue weighted by atomic mass is 31.2. The molecule has 0 saturated heterocycles. The predicted octanol–water partition coefficient (Wildman–Crippen LogP) is 7.23. The van der Waals surface area contributed by atoms with Crippen LogP contribution in [0.15, 0.2) is 114 Å². The van der Waals surface area contributed by atoms with Crippen LogP contribution in [0.1, 0.15) is 36.3 Å². The first-order valence-electron chi connectivity index (χ1n) is 11.9. The van der Waals surface area contributed by atoms with E-state index in [9.17, 15) is 4.57 Å². The van der Waals surface area contributed by atoms with E-state index in [1.807, 2.05) is 91.0 Å². The minimum atomic E-state index is -3.97. The van der Waals surface area contributed by atoms with Gasteiger partial charge in [-0.3, -0.25) is 13.6 Å². The molecule has 1 unspecified atom stereocenters. The molecule has 0 aliphatic carbocycles. The molecule has 0 amide bonds. The Hall–Kier alpha value is -3.39. The molecule has 4 rings (SSSR count). The average molecular weight is 501 g/mol. The first-order valence-corrected chi connectivity index (χ1v) is 13.4. The number of furan rings is 1. The smallest absolute Gasteiger partial charge is 0.456 e. The summed E-state index contributed by atoms with van der Waals surface area (Å²) in [5.41, 5.74) is 1.77. The van der Waals surface area contributed by atoms with E-state index in [0.717, 1.165) is 16.7 Å². The van der Waals surface area contributed by atoms with Gasteiger partial charge in [-0.25, -0.2) is 4.57 Å². The van der Waals surface area contributed by atoms with E-state index in [1.54, 1.807) is 32.2 Å². The quantitative estimate of drug-likeness (QED) is 0.131. The highest BCUT2D eigenvalue weighted by Crippen LogP contribution is 2.55. The van der Waals surface area contributed by atoms with E-state index in [1.165, 1.54) is 0 Å². The van der Waals surface area contributed by atoms with Gasteiger partial charge in [-0.2, -0.15) is 0 Å². The van der Waals surface area contributed by atoms with Gasteiger partial charge >= 0.3 is 7.82 Å². The maximum atomic E-state index is 13.8. The third-order valence-corrected chi connectivity index (χ3v) is 7.36. The minimum Gasteiger partial charge on any atom is -0.456 e. The van der Waals surface area contributed by atoms with E-state index in [0.29, 0.717) is 5.76 Å². The summed E-state index contributed by atoms with van der Waals surface area (Å²) in [6.45, 7) is 3.81. The van der Waals surface area contributed by atoms with Gasteiger partial charge < -0.3 is 4.42 Å². The number of hydrogen-bond acceptors (Lipinski definition) is 5. The molecule has 36 heavy (non-hydrogen) atoms. The fraction of sp³-hybridized carbons (Fsp3) is 0.200. The molecule has 1 heterocycles. The summed E-state index contributed by atoms with van der Waals surface area (Å²) in [5, 5.41) is 0. The van der Waals surface area contributed by atoms with Crippen molar-refractivity contribution in [2.24, 2.45) is 0 Å². The molecular weight excluding hydrogens is 471 g/mol. The third-order valence-electron chi connectivity index (χ3n) is 5.74. The molecule has 0 bridgehead atoms. The van der Waals surface area contributed by atoms with Crippen LogP contribution in [0.4, 0.5) is 0 Å². The minimum absolute atomic E-state index is 0.157. The van der Waals surface area contributed by atoms with E-state index >= 15 is 0 Å². The van der Waals surface area contributed by atoms with Gasteiger partial charge in [0, 0.05) is 0 Å². The van der Waals surface area contributed by atoms with Crippen LogP contribution in [0.3, 0.4) is 0 Å². The number of hydrogen-bond donors (Lipinski definition) is 0. The topological polar surface area (TPSA) is 57.9 Å². The Kier molecular flexibility index (Phi) is 8.59. The van der Waals surface area contributed by atoms with Crippen LogP contribution in [0.25, 0.3) is 0 Å². The molecule has 5 nitrogen and oxygen atoms in total. The van der Waals surface area contributed by atoms with Crippen molar-refractivity contribution in [1.29, 1.82) is 0 Å². The lowest BCUT2D eigenvalue weighted by Gasteiger charge is -2.40. The van der Waals surface area contributed by atoms with Crippen LogP contribution in [-0.2, 0) is 23.6 Å². The third kappa shape index (κ3) is 5.54. The monoisotopic (exact) mass is 500 g/mol. The molecule has 0 aliphatic rings. The molecule has 1 aromatic heterocycles. The van der Waals surface area contributed by atoms with Crippen molar-refractivity contribution in [3.05, 3.63) is 132 Å². The van der Waals surface area contributed by atoms with Crippen LogP contribution in [0.2, 0.25) is 0 Å². The van der Waals surface area contributed by atoms with Crippen molar-refractivity contribution in [3.63, 3.8) is 0 Å². The number of phosphoric ester groups is 1. The molecule has 0 fully saturated rings. The van der Waals surface area contributed by atoms with Gasteiger partial charge in [-0.15, -0.1) is 0 Å². The summed E-state index contributed by atoms with van der Waals surface area (Å²) in [5.74, 6) is 6.77. The number of benzene rings is 3. The number of phosphoric acid groups is 1. The Morgan fingerprint density at radius 2 is 1.22 bits per heavy atom. The Bertz CT molecular complexity index is 1200. The van der Waals surface area contributed by atoms with Crippen LogP contribution in [0, 0.1) is 11.8 Å². The first kappa shape index (κ1) is 25.7. The fourth-order valence-corrected chi connectivity index (χ4v) is 5.60. The van der Waals surface area contributed by atoms with E-state index in [4.69, 9.17) is 18.0 Å². The largest absolute Gasteiger partial charge is 0.476 e. The molecule has 0 N–H and O–H groups in total. The second-order valence-electron chi connectivity index (χ2n) is 7.92. The highest BCUT2D eigenvalue weighted by molar-refractivity contribution is 7.48. The molecule has 1 atom stereocenters. The highest BCUT2D eigenvalue weighted by Gasteiger charge is 2.48. The number of rotatable bonds is 10. The lowest BCUT2D eigenvalue weighted by atomic mass is 9.66. The standard InChI is InChI=1S/C30H29O5P/c1-3-33-36(31,34-4-2)35-29(23-22-28-21-14-24-32-28)30(25-15-8-5-9-16-25,26-17-10-6-11-18-26)27-19-12-7-13-20-27/h5-21,24,29H,3-4H2,1-2H3. The van der Waals surface area contributed by atoms with E-state index in [2.05, 4.69) is 11.8 Å². The lowest BCUT2D eigenvalue weighted by molar-refractivity contribution is 0.0861. The Morgan fingerprint density at radius 3 is 1.61 bits per heavy atom. The van der Waals surface area contributed by atoms with Gasteiger partial charge in [-0.1, -0.05) is 96.9 Å². The van der Waals surface area contributed by atoms with E-state index in [-0.39, 0.29) is 13.2 Å². The van der Waals surface area contributed by atoms with Crippen molar-refractivity contribution in [2.75, 3.05) is 13.2 Å². The zero-order chi connectivity index (χ0) is 25.3. The van der Waals surface area contributed by atoms with Crippen molar-refractivity contribution in [2.45, 2.75) is 25.4 Å². The van der Waals surface area contributed by atoms with Gasteiger partial charge in [0.15, 0.2) is 5.76 Å². The maximum absolute atomic E-state index is 13.8. The first-order chi connectivity index (χ1) is 17.6. The second-order valence-corrected chi connectivity index (χ2v) is 9.54. The molecular formula is C30H29O5P. The molecule has 0 aliphatic heterocycles. The van der Waals surface area contributed by atoms with Crippen molar-refractivity contribution in [3.8, 4) is 11.8 Å². The Labute approximate surface area is 212 Å². The van der Waals surface area contributed by atoms with Crippen LogP contribution in [-0.4, -0.2) is 19.3 Å². The summed E-state index contributed by atoms with van der Waals surface area (Å²) in [6.07, 6.45) is 0.586. The zero-order valence-electron chi connectivity index (χ0n) is 20.4. The summed E-state index contributed by atoms with van der Waals surface area (Å²) >= 11 is 0. The molecule has 184 valence electrons. The summed E-state index contributed by atoms with van der Waals surface area (Å²) < 4.78 is 36.7. The maximum Gasteiger partial charge on any atom is 0.476 e. The molecule has 0 saturated carbocycles. The van der Waals surface area contributed by atoms with E-state index < -0.39 is 19.3 Å². The molecule has 0 spiro atoms. The lowest BCUT2D eigenvalue weighted by Crippen LogP contribution is -2.42. The van der Waals surface area contributed by atoms with Crippen LogP contribution < -0.4 is 0 Å². The molecule has 3 aromatic carbocycles. The van der Waals surface area contributed by atoms with Crippen LogP contribution in [0.5, 0.6) is 0 Å². The summed E-state index contributed by atoms with van der Waals surface area (Å²) in [4.78, 5) is 0.